The van der Waals surface area contributed by atoms with Crippen LogP contribution in [-0.2, 0) is 4.79 Å². The van der Waals surface area contributed by atoms with Gasteiger partial charge in [0.1, 0.15) is 6.54 Å². The van der Waals surface area contributed by atoms with E-state index in [-0.39, 0.29) is 18.5 Å². The second kappa shape index (κ2) is 7.63. The van der Waals surface area contributed by atoms with Crippen molar-refractivity contribution in [1.82, 2.24) is 4.90 Å². The van der Waals surface area contributed by atoms with E-state index in [2.05, 4.69) is 16.9 Å². The number of aliphatic imine (C=N–C) groups is 1. The summed E-state index contributed by atoms with van der Waals surface area (Å²) in [6, 6.07) is 13.4. The first-order valence-corrected chi connectivity index (χ1v) is 9.90. The van der Waals surface area contributed by atoms with Crippen molar-refractivity contribution in [2.75, 3.05) is 31.6 Å². The quantitative estimate of drug-likeness (QED) is 0.752. The minimum absolute atomic E-state index is 0.0233. The normalized spacial score (nSPS) is 18.9. The van der Waals surface area contributed by atoms with Crippen molar-refractivity contribution in [2.45, 2.75) is 18.9 Å². The molecule has 0 aromatic heterocycles. The number of nitrogens with zero attached hydrogens (tertiary/aromatic N) is 3. The van der Waals surface area contributed by atoms with Crippen LogP contribution < -0.4 is 4.90 Å². The van der Waals surface area contributed by atoms with Gasteiger partial charge >= 0.3 is 0 Å². The molecule has 4 rings (SSSR count). The number of halogens is 2. The molecular weight excluding hydrogens is 381 g/mol. The van der Waals surface area contributed by atoms with Gasteiger partial charge < -0.3 is 9.80 Å². The number of carbonyl (C=O) groups is 1. The molecule has 0 N–H and O–H groups in total. The Morgan fingerprint density at radius 3 is 2.52 bits per heavy atom. The first kappa shape index (κ1) is 18.5. The Labute approximate surface area is 169 Å². The van der Waals surface area contributed by atoms with Gasteiger partial charge in [-0.1, -0.05) is 41.4 Å². The first-order chi connectivity index (χ1) is 13.0. The van der Waals surface area contributed by atoms with E-state index in [1.54, 1.807) is 0 Å². The molecule has 2 aliphatic rings. The maximum absolute atomic E-state index is 13.0. The summed E-state index contributed by atoms with van der Waals surface area (Å²) < 4.78 is 0. The molecule has 0 aliphatic carbocycles. The number of hydrogen-bond acceptors (Lipinski definition) is 3. The summed E-state index contributed by atoms with van der Waals surface area (Å²) in [5.41, 5.74) is 3.28. The minimum atomic E-state index is 0.0233. The number of amides is 1. The van der Waals surface area contributed by atoms with Gasteiger partial charge in [0.05, 0.1) is 11.4 Å². The van der Waals surface area contributed by atoms with Crippen molar-refractivity contribution >= 4 is 40.5 Å². The van der Waals surface area contributed by atoms with E-state index in [0.29, 0.717) is 10.0 Å². The number of anilines is 1. The molecule has 2 aliphatic heterocycles. The zero-order valence-corrected chi connectivity index (χ0v) is 16.7. The minimum Gasteiger partial charge on any atom is -0.307 e. The number of benzodiazepines with no additional fused rings is 1. The number of carbonyl (C=O) groups excluding carboxylic acids is 1. The molecule has 0 spiro atoms. The molecule has 6 heteroatoms. The van der Waals surface area contributed by atoms with Crippen LogP contribution in [0.5, 0.6) is 0 Å². The fourth-order valence-corrected chi connectivity index (χ4v) is 4.28. The topological polar surface area (TPSA) is 35.9 Å². The van der Waals surface area contributed by atoms with Crippen LogP contribution >= 0.6 is 23.2 Å². The Balaban J connectivity index is 1.83. The summed E-state index contributed by atoms with van der Waals surface area (Å²) >= 11 is 12.8. The summed E-state index contributed by atoms with van der Waals surface area (Å²) in [5, 5.41) is 1.23. The molecule has 27 heavy (non-hydrogen) atoms. The third kappa shape index (κ3) is 3.62. The number of rotatable bonds is 2. The van der Waals surface area contributed by atoms with Gasteiger partial charge in [0.25, 0.3) is 0 Å². The van der Waals surface area contributed by atoms with Crippen LogP contribution in [0.15, 0.2) is 47.5 Å². The molecule has 0 radical (unpaired) electrons. The van der Waals surface area contributed by atoms with Crippen LogP contribution in [0.1, 0.15) is 24.0 Å². The Hall–Kier alpha value is -1.88. The van der Waals surface area contributed by atoms with Crippen molar-refractivity contribution in [3.8, 4) is 0 Å². The van der Waals surface area contributed by atoms with Crippen LogP contribution in [0.2, 0.25) is 10.0 Å². The molecule has 1 fully saturated rings. The average molecular weight is 402 g/mol. The lowest BCUT2D eigenvalue weighted by molar-refractivity contribution is -0.117. The summed E-state index contributed by atoms with van der Waals surface area (Å²) in [5.74, 6) is 0.0233. The van der Waals surface area contributed by atoms with Gasteiger partial charge in [0, 0.05) is 27.2 Å². The molecule has 2 heterocycles. The average Bonchev–Trinajstić information content (AvgIpc) is 2.79. The zero-order chi connectivity index (χ0) is 19.0. The Kier molecular flexibility index (Phi) is 5.22. The molecule has 2 aromatic rings. The van der Waals surface area contributed by atoms with Gasteiger partial charge in [-0.05, 0) is 57.2 Å². The molecule has 4 nitrogen and oxygen atoms in total. The molecule has 0 saturated carbocycles. The molecule has 1 saturated heterocycles. The highest BCUT2D eigenvalue weighted by Gasteiger charge is 2.32. The Morgan fingerprint density at radius 2 is 1.78 bits per heavy atom. The largest absolute Gasteiger partial charge is 0.307 e. The number of fused-ring (bicyclic) bond motifs is 1. The van der Waals surface area contributed by atoms with Crippen molar-refractivity contribution in [3.63, 3.8) is 0 Å². The molecule has 1 amide bonds. The number of benzene rings is 2. The van der Waals surface area contributed by atoms with Crippen molar-refractivity contribution < 1.29 is 4.79 Å². The molecule has 2 aromatic carbocycles. The lowest BCUT2D eigenvalue weighted by Crippen LogP contribution is -2.47. The zero-order valence-electron chi connectivity index (χ0n) is 15.2. The second-order valence-electron chi connectivity index (χ2n) is 7.10. The fraction of sp³-hybridized carbons (Fsp3) is 0.333. The van der Waals surface area contributed by atoms with Crippen molar-refractivity contribution in [2.24, 2.45) is 4.99 Å². The molecular formula is C21H21Cl2N3O. The maximum atomic E-state index is 13.0. The highest BCUT2D eigenvalue weighted by molar-refractivity contribution is 6.37. The summed E-state index contributed by atoms with van der Waals surface area (Å²) in [6.07, 6.45) is 1.90. The highest BCUT2D eigenvalue weighted by atomic mass is 35.5. The summed E-state index contributed by atoms with van der Waals surface area (Å²) in [6.45, 7) is 2.07. The fourth-order valence-electron chi connectivity index (χ4n) is 3.89. The molecule has 0 bridgehead atoms. The highest BCUT2D eigenvalue weighted by Crippen LogP contribution is 2.34. The molecule has 0 unspecified atom stereocenters. The maximum Gasteiger partial charge on any atom is 0.248 e. The van der Waals surface area contributed by atoms with E-state index < -0.39 is 0 Å². The Bertz CT molecular complexity index is 904. The number of piperidine rings is 1. The van der Waals surface area contributed by atoms with Crippen LogP contribution in [0, 0.1) is 0 Å². The van der Waals surface area contributed by atoms with Crippen LogP contribution in [0.25, 0.3) is 0 Å². The predicted molar refractivity (Wildman–Crippen MR) is 111 cm³/mol. The van der Waals surface area contributed by atoms with Gasteiger partial charge in [0.2, 0.25) is 5.91 Å². The monoisotopic (exact) mass is 401 g/mol. The third-order valence-electron chi connectivity index (χ3n) is 5.30. The van der Waals surface area contributed by atoms with E-state index in [1.165, 1.54) is 0 Å². The lowest BCUT2D eigenvalue weighted by Gasteiger charge is -2.37. The SMILES string of the molecule is CN1CCC(N2C(=O)CN=C(c3ccccc3Cl)c3cc(Cl)ccc32)CC1. The molecule has 140 valence electrons. The van der Waals surface area contributed by atoms with Gasteiger partial charge in [0.15, 0.2) is 0 Å². The summed E-state index contributed by atoms with van der Waals surface area (Å²) in [7, 11) is 2.12. The Morgan fingerprint density at radius 1 is 1.04 bits per heavy atom. The third-order valence-corrected chi connectivity index (χ3v) is 5.86. The van der Waals surface area contributed by atoms with Gasteiger partial charge in [-0.3, -0.25) is 9.79 Å². The number of hydrogen-bond donors (Lipinski definition) is 0. The molecule has 0 atom stereocenters. The smallest absolute Gasteiger partial charge is 0.248 e. The van der Waals surface area contributed by atoms with E-state index in [1.807, 2.05) is 47.4 Å². The van der Waals surface area contributed by atoms with E-state index in [0.717, 1.165) is 48.5 Å². The van der Waals surface area contributed by atoms with Crippen molar-refractivity contribution in [1.29, 1.82) is 0 Å². The van der Waals surface area contributed by atoms with Crippen molar-refractivity contribution in [3.05, 3.63) is 63.6 Å². The van der Waals surface area contributed by atoms with Crippen LogP contribution in [0.3, 0.4) is 0 Å². The summed E-state index contributed by atoms with van der Waals surface area (Å²) in [4.78, 5) is 21.9. The second-order valence-corrected chi connectivity index (χ2v) is 7.95. The number of likely N-dealkylation sites (tertiary alicyclic amines) is 1. The first-order valence-electron chi connectivity index (χ1n) is 9.14. The van der Waals surface area contributed by atoms with E-state index >= 15 is 0 Å². The lowest BCUT2D eigenvalue weighted by atomic mass is 9.97. The van der Waals surface area contributed by atoms with Crippen LogP contribution in [0.4, 0.5) is 5.69 Å². The van der Waals surface area contributed by atoms with Crippen LogP contribution in [-0.4, -0.2) is 49.2 Å². The van der Waals surface area contributed by atoms with E-state index in [4.69, 9.17) is 23.2 Å². The predicted octanol–water partition coefficient (Wildman–Crippen LogP) is 4.27. The standard InChI is InChI=1S/C21H21Cl2N3O/c1-25-10-8-15(9-11-25)26-19-7-6-14(22)12-17(19)21(24-13-20(26)27)16-4-2-3-5-18(16)23/h2-7,12,15H,8-11,13H2,1H3. The van der Waals surface area contributed by atoms with Gasteiger partial charge in [-0.2, -0.15) is 0 Å². The van der Waals surface area contributed by atoms with E-state index in [9.17, 15) is 4.79 Å². The van der Waals surface area contributed by atoms with Gasteiger partial charge in [-0.15, -0.1) is 0 Å². The van der Waals surface area contributed by atoms with Gasteiger partial charge in [-0.25, -0.2) is 0 Å².